The maximum absolute atomic E-state index is 5.37. The third kappa shape index (κ3) is 3.09. The van der Waals surface area contributed by atoms with Crippen molar-refractivity contribution in [1.29, 1.82) is 0 Å². The lowest BCUT2D eigenvalue weighted by molar-refractivity contribution is 0.478. The summed E-state index contributed by atoms with van der Waals surface area (Å²) in [6, 6.07) is 22.6. The molecule has 2 heterocycles. The van der Waals surface area contributed by atoms with Gasteiger partial charge in [0.15, 0.2) is 0 Å². The number of nitrogens with zero attached hydrogens (tertiary/aromatic N) is 2. The Balaban J connectivity index is 1.60. The highest BCUT2D eigenvalue weighted by atomic mass is 16.3. The van der Waals surface area contributed by atoms with E-state index in [4.69, 9.17) is 9.40 Å². The minimum atomic E-state index is 0.696. The van der Waals surface area contributed by atoms with E-state index in [1.54, 1.807) is 6.26 Å². The van der Waals surface area contributed by atoms with E-state index in [0.29, 0.717) is 13.1 Å². The molecule has 24 heavy (non-hydrogen) atoms. The lowest BCUT2D eigenvalue weighted by Gasteiger charge is -2.10. The van der Waals surface area contributed by atoms with Gasteiger partial charge >= 0.3 is 0 Å². The van der Waals surface area contributed by atoms with Gasteiger partial charge in [0.25, 0.3) is 0 Å². The molecule has 0 bridgehead atoms. The number of para-hydroxylation sites is 2. The molecular weight excluding hydrogens is 298 g/mol. The molecule has 2 aromatic heterocycles. The lowest BCUT2D eigenvalue weighted by atomic mass is 10.2. The summed E-state index contributed by atoms with van der Waals surface area (Å²) >= 11 is 0. The molecule has 120 valence electrons. The predicted octanol–water partition coefficient (Wildman–Crippen LogP) is 3.97. The van der Waals surface area contributed by atoms with Crippen molar-refractivity contribution < 1.29 is 4.42 Å². The first-order valence-electron chi connectivity index (χ1n) is 8.11. The summed E-state index contributed by atoms with van der Waals surface area (Å²) in [5.74, 6) is 1.97. The Kier molecular flexibility index (Phi) is 4.13. The normalized spacial score (nSPS) is 11.2. The molecule has 1 N–H and O–H groups in total. The Hall–Kier alpha value is -2.85. The van der Waals surface area contributed by atoms with Crippen LogP contribution in [0.25, 0.3) is 11.0 Å². The Morgan fingerprint density at radius 1 is 0.875 bits per heavy atom. The largest absolute Gasteiger partial charge is 0.468 e. The standard InChI is InChI=1S/C20H19N3O/c1-2-7-16(8-3-1)15-23-19-11-5-4-10-18(19)22-20(23)14-21-13-17-9-6-12-24-17/h1-12,21H,13-15H2. The molecule has 0 aliphatic heterocycles. The zero-order valence-electron chi connectivity index (χ0n) is 13.4. The van der Waals surface area contributed by atoms with E-state index in [1.807, 2.05) is 24.3 Å². The van der Waals surface area contributed by atoms with Crippen LogP contribution in [0.2, 0.25) is 0 Å². The molecular formula is C20H19N3O. The molecule has 0 unspecified atom stereocenters. The summed E-state index contributed by atoms with van der Waals surface area (Å²) in [5.41, 5.74) is 3.47. The van der Waals surface area contributed by atoms with Crippen molar-refractivity contribution in [3.8, 4) is 0 Å². The fourth-order valence-corrected chi connectivity index (χ4v) is 2.91. The number of aromatic nitrogens is 2. The van der Waals surface area contributed by atoms with Crippen LogP contribution in [-0.2, 0) is 19.6 Å². The van der Waals surface area contributed by atoms with Crippen LogP contribution in [0.1, 0.15) is 17.1 Å². The number of hydrogen-bond donors (Lipinski definition) is 1. The van der Waals surface area contributed by atoms with Gasteiger partial charge in [0.05, 0.1) is 30.4 Å². The minimum Gasteiger partial charge on any atom is -0.468 e. The molecule has 2 aromatic carbocycles. The Bertz CT molecular complexity index is 911. The molecule has 4 rings (SSSR count). The zero-order chi connectivity index (χ0) is 16.2. The van der Waals surface area contributed by atoms with Gasteiger partial charge in [-0.2, -0.15) is 0 Å². The van der Waals surface area contributed by atoms with Crippen LogP contribution < -0.4 is 5.32 Å². The molecule has 0 radical (unpaired) electrons. The molecule has 0 aliphatic carbocycles. The van der Waals surface area contributed by atoms with E-state index in [2.05, 4.69) is 52.3 Å². The second-order valence-electron chi connectivity index (χ2n) is 5.77. The summed E-state index contributed by atoms with van der Waals surface area (Å²) < 4.78 is 7.64. The first-order chi connectivity index (χ1) is 11.9. The van der Waals surface area contributed by atoms with E-state index in [9.17, 15) is 0 Å². The Morgan fingerprint density at radius 2 is 1.71 bits per heavy atom. The number of imidazole rings is 1. The van der Waals surface area contributed by atoms with E-state index >= 15 is 0 Å². The van der Waals surface area contributed by atoms with Crippen molar-refractivity contribution in [3.63, 3.8) is 0 Å². The number of furan rings is 1. The SMILES string of the molecule is c1ccc(Cn2c(CNCc3ccco3)nc3ccccc32)cc1. The molecule has 4 nitrogen and oxygen atoms in total. The van der Waals surface area contributed by atoms with Crippen LogP contribution >= 0.6 is 0 Å². The highest BCUT2D eigenvalue weighted by Gasteiger charge is 2.10. The number of fused-ring (bicyclic) bond motifs is 1. The van der Waals surface area contributed by atoms with Gasteiger partial charge in [-0.1, -0.05) is 42.5 Å². The van der Waals surface area contributed by atoms with E-state index in [0.717, 1.165) is 29.2 Å². The van der Waals surface area contributed by atoms with Gasteiger partial charge in [0.1, 0.15) is 11.6 Å². The smallest absolute Gasteiger partial charge is 0.124 e. The molecule has 0 atom stereocenters. The fourth-order valence-electron chi connectivity index (χ4n) is 2.91. The van der Waals surface area contributed by atoms with Crippen LogP contribution in [0.3, 0.4) is 0 Å². The summed E-state index contributed by atoms with van der Waals surface area (Å²) in [4.78, 5) is 4.80. The molecule has 0 saturated heterocycles. The van der Waals surface area contributed by atoms with Gasteiger partial charge in [-0.3, -0.25) is 0 Å². The molecule has 0 fully saturated rings. The molecule has 0 aliphatic rings. The van der Waals surface area contributed by atoms with Gasteiger partial charge in [-0.15, -0.1) is 0 Å². The molecule has 0 spiro atoms. The number of benzene rings is 2. The first-order valence-corrected chi connectivity index (χ1v) is 8.11. The fraction of sp³-hybridized carbons (Fsp3) is 0.150. The average molecular weight is 317 g/mol. The molecule has 0 saturated carbocycles. The quantitative estimate of drug-likeness (QED) is 0.585. The van der Waals surface area contributed by atoms with E-state index in [1.165, 1.54) is 5.56 Å². The minimum absolute atomic E-state index is 0.696. The van der Waals surface area contributed by atoms with Crippen LogP contribution in [0, 0.1) is 0 Å². The van der Waals surface area contributed by atoms with Gasteiger partial charge in [-0.25, -0.2) is 4.98 Å². The van der Waals surface area contributed by atoms with E-state index in [-0.39, 0.29) is 0 Å². The number of hydrogen-bond acceptors (Lipinski definition) is 3. The number of nitrogens with one attached hydrogen (secondary N) is 1. The van der Waals surface area contributed by atoms with Gasteiger partial charge in [0.2, 0.25) is 0 Å². The van der Waals surface area contributed by atoms with Crippen LogP contribution in [-0.4, -0.2) is 9.55 Å². The molecule has 4 heteroatoms. The third-order valence-electron chi connectivity index (χ3n) is 4.08. The third-order valence-corrected chi connectivity index (χ3v) is 4.08. The highest BCUT2D eigenvalue weighted by molar-refractivity contribution is 5.76. The first kappa shape index (κ1) is 14.7. The van der Waals surface area contributed by atoms with Gasteiger partial charge in [-0.05, 0) is 29.8 Å². The average Bonchev–Trinajstić information content (AvgIpc) is 3.25. The lowest BCUT2D eigenvalue weighted by Crippen LogP contribution is -2.17. The van der Waals surface area contributed by atoms with E-state index < -0.39 is 0 Å². The predicted molar refractivity (Wildman–Crippen MR) is 94.5 cm³/mol. The van der Waals surface area contributed by atoms with Crippen LogP contribution in [0.4, 0.5) is 0 Å². The van der Waals surface area contributed by atoms with Crippen molar-refractivity contribution in [2.75, 3.05) is 0 Å². The molecule has 4 aromatic rings. The highest BCUT2D eigenvalue weighted by Crippen LogP contribution is 2.18. The second-order valence-corrected chi connectivity index (χ2v) is 5.77. The molecule has 0 amide bonds. The summed E-state index contributed by atoms with van der Waals surface area (Å²) in [6.45, 7) is 2.21. The Labute approximate surface area is 140 Å². The van der Waals surface area contributed by atoms with Gasteiger partial charge in [0, 0.05) is 6.54 Å². The van der Waals surface area contributed by atoms with Crippen molar-refractivity contribution in [2.45, 2.75) is 19.6 Å². The van der Waals surface area contributed by atoms with Crippen molar-refractivity contribution in [2.24, 2.45) is 0 Å². The Morgan fingerprint density at radius 3 is 2.54 bits per heavy atom. The van der Waals surface area contributed by atoms with Crippen LogP contribution in [0.15, 0.2) is 77.4 Å². The van der Waals surface area contributed by atoms with Crippen molar-refractivity contribution >= 4 is 11.0 Å². The summed E-state index contributed by atoms with van der Waals surface area (Å²) in [6.07, 6.45) is 1.70. The zero-order valence-corrected chi connectivity index (χ0v) is 13.4. The van der Waals surface area contributed by atoms with Crippen LogP contribution in [0.5, 0.6) is 0 Å². The summed E-state index contributed by atoms with van der Waals surface area (Å²) in [7, 11) is 0. The summed E-state index contributed by atoms with van der Waals surface area (Å²) in [5, 5.41) is 3.41. The van der Waals surface area contributed by atoms with Crippen molar-refractivity contribution in [1.82, 2.24) is 14.9 Å². The topological polar surface area (TPSA) is 43.0 Å². The maximum atomic E-state index is 5.37. The number of rotatable bonds is 6. The van der Waals surface area contributed by atoms with Gasteiger partial charge < -0.3 is 14.3 Å². The monoisotopic (exact) mass is 317 g/mol. The maximum Gasteiger partial charge on any atom is 0.124 e. The van der Waals surface area contributed by atoms with Crippen molar-refractivity contribution in [3.05, 3.63) is 90.1 Å². The second kappa shape index (κ2) is 6.72.